The van der Waals surface area contributed by atoms with Crippen molar-refractivity contribution in [2.75, 3.05) is 12.4 Å². The summed E-state index contributed by atoms with van der Waals surface area (Å²) in [6.45, 7) is 1.82. The molecule has 1 amide bonds. The highest BCUT2D eigenvalue weighted by molar-refractivity contribution is 7.12. The molecule has 0 aliphatic rings. The van der Waals surface area contributed by atoms with Crippen molar-refractivity contribution in [1.29, 1.82) is 0 Å². The number of hydrogen-bond donors (Lipinski definition) is 2. The van der Waals surface area contributed by atoms with Crippen LogP contribution in [0.15, 0.2) is 11.4 Å². The fourth-order valence-electron chi connectivity index (χ4n) is 1.07. The average Bonchev–Trinajstić information content (AvgIpc) is 2.74. The average molecular weight is 242 g/mol. The molecule has 0 fully saturated rings. The third-order valence-electron chi connectivity index (χ3n) is 2.07. The summed E-state index contributed by atoms with van der Waals surface area (Å²) in [7, 11) is 1.30. The maximum atomic E-state index is 11.5. The molecule has 0 bridgehead atoms. The Morgan fingerprint density at radius 1 is 1.62 bits per heavy atom. The number of anilines is 1. The van der Waals surface area contributed by atoms with E-state index >= 15 is 0 Å². The zero-order valence-corrected chi connectivity index (χ0v) is 9.97. The minimum absolute atomic E-state index is 0.300. The molecule has 0 aromatic carbocycles. The standard InChI is InChI=1S/C10H14N2O3S/c1-3-6(11)9(13)12-7-4-5-16-8(7)10(14)15-2/h4-6H,3,11H2,1-2H3,(H,12,13)/t6-/m1/s1. The molecule has 0 saturated carbocycles. The number of ether oxygens (including phenoxy) is 1. The summed E-state index contributed by atoms with van der Waals surface area (Å²) in [5.41, 5.74) is 6.02. The summed E-state index contributed by atoms with van der Waals surface area (Å²) in [6, 6.07) is 1.09. The summed E-state index contributed by atoms with van der Waals surface area (Å²) in [4.78, 5) is 23.2. The van der Waals surface area contributed by atoms with Crippen LogP contribution in [0.3, 0.4) is 0 Å². The molecular weight excluding hydrogens is 228 g/mol. The lowest BCUT2D eigenvalue weighted by Crippen LogP contribution is -2.35. The van der Waals surface area contributed by atoms with E-state index < -0.39 is 12.0 Å². The molecule has 0 spiro atoms. The lowest BCUT2D eigenvalue weighted by atomic mass is 10.2. The van der Waals surface area contributed by atoms with Gasteiger partial charge in [-0.1, -0.05) is 6.92 Å². The number of esters is 1. The number of amides is 1. The molecule has 1 atom stereocenters. The molecule has 0 aliphatic heterocycles. The van der Waals surface area contributed by atoms with Crippen LogP contribution in [-0.2, 0) is 9.53 Å². The quantitative estimate of drug-likeness (QED) is 0.777. The van der Waals surface area contributed by atoms with Crippen LogP contribution in [0.4, 0.5) is 5.69 Å². The minimum atomic E-state index is -0.564. The second-order valence-electron chi connectivity index (χ2n) is 3.16. The van der Waals surface area contributed by atoms with Gasteiger partial charge in [0, 0.05) is 0 Å². The Balaban J connectivity index is 2.78. The molecule has 5 nitrogen and oxygen atoms in total. The fourth-order valence-corrected chi connectivity index (χ4v) is 1.84. The molecule has 1 aromatic heterocycles. The maximum absolute atomic E-state index is 11.5. The Kier molecular flexibility index (Phi) is 4.45. The van der Waals surface area contributed by atoms with Crippen molar-refractivity contribution in [2.24, 2.45) is 5.73 Å². The van der Waals surface area contributed by atoms with Gasteiger partial charge in [-0.2, -0.15) is 0 Å². The van der Waals surface area contributed by atoms with Gasteiger partial charge in [-0.05, 0) is 17.9 Å². The SMILES string of the molecule is CC[C@@H](N)C(=O)Nc1ccsc1C(=O)OC. The first-order chi connectivity index (χ1) is 7.60. The van der Waals surface area contributed by atoms with Crippen LogP contribution in [0.1, 0.15) is 23.0 Å². The molecule has 0 radical (unpaired) electrons. The number of nitrogens with one attached hydrogen (secondary N) is 1. The molecular formula is C10H14N2O3S. The van der Waals surface area contributed by atoms with Crippen molar-refractivity contribution in [2.45, 2.75) is 19.4 Å². The van der Waals surface area contributed by atoms with Crippen molar-refractivity contribution in [1.82, 2.24) is 0 Å². The lowest BCUT2D eigenvalue weighted by molar-refractivity contribution is -0.117. The molecule has 16 heavy (non-hydrogen) atoms. The third-order valence-corrected chi connectivity index (χ3v) is 2.96. The van der Waals surface area contributed by atoms with Crippen LogP contribution in [0.5, 0.6) is 0 Å². The van der Waals surface area contributed by atoms with Gasteiger partial charge in [-0.15, -0.1) is 11.3 Å². The maximum Gasteiger partial charge on any atom is 0.350 e. The first-order valence-corrected chi connectivity index (χ1v) is 5.70. The Morgan fingerprint density at radius 2 is 2.31 bits per heavy atom. The van der Waals surface area contributed by atoms with Crippen LogP contribution in [-0.4, -0.2) is 25.0 Å². The normalized spacial score (nSPS) is 11.9. The Morgan fingerprint density at radius 3 is 2.88 bits per heavy atom. The Labute approximate surface area is 97.6 Å². The summed E-state index contributed by atoms with van der Waals surface area (Å²) in [6.07, 6.45) is 0.545. The first kappa shape index (κ1) is 12.7. The highest BCUT2D eigenvalue weighted by Gasteiger charge is 2.17. The van der Waals surface area contributed by atoms with E-state index in [0.29, 0.717) is 17.0 Å². The molecule has 0 aliphatic carbocycles. The van der Waals surface area contributed by atoms with Crippen molar-refractivity contribution in [3.05, 3.63) is 16.3 Å². The van der Waals surface area contributed by atoms with Gasteiger partial charge >= 0.3 is 5.97 Å². The highest BCUT2D eigenvalue weighted by atomic mass is 32.1. The van der Waals surface area contributed by atoms with E-state index in [1.54, 1.807) is 11.4 Å². The van der Waals surface area contributed by atoms with Gasteiger partial charge in [0.1, 0.15) is 4.88 Å². The molecule has 3 N–H and O–H groups in total. The lowest BCUT2D eigenvalue weighted by Gasteiger charge is -2.09. The van der Waals surface area contributed by atoms with E-state index in [0.717, 1.165) is 0 Å². The zero-order chi connectivity index (χ0) is 12.1. The number of carbonyl (C=O) groups excluding carboxylic acids is 2. The number of hydrogen-bond acceptors (Lipinski definition) is 5. The van der Waals surface area contributed by atoms with E-state index in [1.807, 2.05) is 6.92 Å². The molecule has 1 rings (SSSR count). The molecule has 0 saturated heterocycles. The van der Waals surface area contributed by atoms with E-state index in [-0.39, 0.29) is 5.91 Å². The van der Waals surface area contributed by atoms with Gasteiger partial charge in [0.05, 0.1) is 18.8 Å². The van der Waals surface area contributed by atoms with Gasteiger partial charge in [-0.3, -0.25) is 4.79 Å². The number of thiophene rings is 1. The minimum Gasteiger partial charge on any atom is -0.465 e. The fraction of sp³-hybridized carbons (Fsp3) is 0.400. The van der Waals surface area contributed by atoms with Gasteiger partial charge < -0.3 is 15.8 Å². The van der Waals surface area contributed by atoms with Gasteiger partial charge in [0.25, 0.3) is 0 Å². The van der Waals surface area contributed by atoms with Crippen molar-refractivity contribution < 1.29 is 14.3 Å². The monoisotopic (exact) mass is 242 g/mol. The predicted molar refractivity (Wildman–Crippen MR) is 62.6 cm³/mol. The van der Waals surface area contributed by atoms with Crippen LogP contribution in [0.2, 0.25) is 0 Å². The largest absolute Gasteiger partial charge is 0.465 e. The van der Waals surface area contributed by atoms with Crippen LogP contribution >= 0.6 is 11.3 Å². The van der Waals surface area contributed by atoms with Crippen LogP contribution in [0.25, 0.3) is 0 Å². The zero-order valence-electron chi connectivity index (χ0n) is 9.15. The Hall–Kier alpha value is -1.40. The van der Waals surface area contributed by atoms with Gasteiger partial charge in [0.15, 0.2) is 0 Å². The topological polar surface area (TPSA) is 81.4 Å². The van der Waals surface area contributed by atoms with Crippen LogP contribution < -0.4 is 11.1 Å². The number of rotatable bonds is 4. The van der Waals surface area contributed by atoms with Crippen molar-refractivity contribution in [3.63, 3.8) is 0 Å². The first-order valence-electron chi connectivity index (χ1n) is 4.82. The third kappa shape index (κ3) is 2.80. The molecule has 88 valence electrons. The Bertz CT molecular complexity index is 389. The molecule has 6 heteroatoms. The van der Waals surface area contributed by atoms with Crippen LogP contribution in [0, 0.1) is 0 Å². The number of methoxy groups -OCH3 is 1. The number of nitrogens with two attached hydrogens (primary N) is 1. The van der Waals surface area contributed by atoms with Crippen molar-refractivity contribution >= 4 is 28.9 Å². The second kappa shape index (κ2) is 5.62. The summed E-state index contributed by atoms with van der Waals surface area (Å²) >= 11 is 1.21. The number of carbonyl (C=O) groups is 2. The summed E-state index contributed by atoms with van der Waals surface area (Å²) in [5.74, 6) is -0.763. The summed E-state index contributed by atoms with van der Waals surface area (Å²) < 4.78 is 4.59. The highest BCUT2D eigenvalue weighted by Crippen LogP contribution is 2.23. The van der Waals surface area contributed by atoms with Crippen molar-refractivity contribution in [3.8, 4) is 0 Å². The van der Waals surface area contributed by atoms with Gasteiger partial charge in [-0.25, -0.2) is 4.79 Å². The smallest absolute Gasteiger partial charge is 0.350 e. The van der Waals surface area contributed by atoms with Gasteiger partial charge in [0.2, 0.25) is 5.91 Å². The summed E-state index contributed by atoms with van der Waals surface area (Å²) in [5, 5.41) is 4.31. The van der Waals surface area contributed by atoms with E-state index in [1.165, 1.54) is 18.4 Å². The van der Waals surface area contributed by atoms with E-state index in [2.05, 4.69) is 10.1 Å². The second-order valence-corrected chi connectivity index (χ2v) is 4.08. The predicted octanol–water partition coefficient (Wildman–Crippen LogP) is 1.21. The molecule has 0 unspecified atom stereocenters. The van der Waals surface area contributed by atoms with E-state index in [4.69, 9.17) is 5.73 Å². The van der Waals surface area contributed by atoms with E-state index in [9.17, 15) is 9.59 Å². The molecule has 1 heterocycles. The molecule has 1 aromatic rings.